The molecule has 0 fully saturated rings. The van der Waals surface area contributed by atoms with Crippen molar-refractivity contribution in [3.8, 4) is 0 Å². The number of para-hydroxylation sites is 1. The van der Waals surface area contributed by atoms with Crippen molar-refractivity contribution in [1.82, 2.24) is 5.32 Å². The van der Waals surface area contributed by atoms with Crippen LogP contribution >= 0.6 is 23.5 Å². The summed E-state index contributed by atoms with van der Waals surface area (Å²) in [5.41, 5.74) is 0.673. The summed E-state index contributed by atoms with van der Waals surface area (Å²) >= 11 is 3.06. The summed E-state index contributed by atoms with van der Waals surface area (Å²) in [6, 6.07) is 6.00. The molecule has 2 amide bonds. The molecule has 0 saturated heterocycles. The van der Waals surface area contributed by atoms with E-state index in [1.54, 1.807) is 17.8 Å². The lowest BCUT2D eigenvalue weighted by Crippen LogP contribution is -2.43. The van der Waals surface area contributed by atoms with Crippen LogP contribution < -0.4 is 10.6 Å². The van der Waals surface area contributed by atoms with Crippen molar-refractivity contribution in [1.29, 1.82) is 0 Å². The Balaban J connectivity index is 2.63. The molecule has 0 spiro atoms. The number of aliphatic carboxylic acids is 1. The van der Waals surface area contributed by atoms with E-state index in [4.69, 9.17) is 5.11 Å². The smallest absolute Gasteiger partial charge is 0.326 e. The highest BCUT2D eigenvalue weighted by Crippen LogP contribution is 2.24. The Morgan fingerprint density at radius 1 is 1.30 bits per heavy atom. The van der Waals surface area contributed by atoms with Gasteiger partial charge in [-0.2, -0.15) is 11.8 Å². The number of carbonyl (C=O) groups excluding carboxylic acids is 1. The third kappa shape index (κ3) is 5.34. The number of anilines is 1. The largest absolute Gasteiger partial charge is 0.480 e. The third-order valence-corrected chi connectivity index (χ3v) is 4.01. The van der Waals surface area contributed by atoms with E-state index in [9.17, 15) is 9.59 Å². The van der Waals surface area contributed by atoms with Gasteiger partial charge in [-0.15, -0.1) is 11.8 Å². The lowest BCUT2D eigenvalue weighted by Gasteiger charge is -2.15. The Morgan fingerprint density at radius 2 is 2.00 bits per heavy atom. The molecule has 0 saturated carbocycles. The highest BCUT2D eigenvalue weighted by molar-refractivity contribution is 7.98. The number of benzene rings is 1. The van der Waals surface area contributed by atoms with Gasteiger partial charge in [-0.05, 0) is 36.8 Å². The minimum Gasteiger partial charge on any atom is -0.480 e. The van der Waals surface area contributed by atoms with Crippen LogP contribution in [-0.4, -0.2) is 41.4 Å². The van der Waals surface area contributed by atoms with E-state index in [2.05, 4.69) is 10.6 Å². The van der Waals surface area contributed by atoms with Crippen LogP contribution in [0.5, 0.6) is 0 Å². The summed E-state index contributed by atoms with van der Waals surface area (Å²) in [6.07, 6.45) is 4.21. The van der Waals surface area contributed by atoms with Crippen LogP contribution in [0.2, 0.25) is 0 Å². The second-order valence-electron chi connectivity index (χ2n) is 3.97. The van der Waals surface area contributed by atoms with E-state index in [1.165, 1.54) is 11.8 Å². The summed E-state index contributed by atoms with van der Waals surface area (Å²) in [5.74, 6) is -0.342. The predicted octanol–water partition coefficient (Wildman–Crippen LogP) is 2.74. The number of carboxylic acids is 1. The van der Waals surface area contributed by atoms with Gasteiger partial charge < -0.3 is 15.7 Å². The average Bonchev–Trinajstić information content (AvgIpc) is 2.43. The van der Waals surface area contributed by atoms with E-state index in [1.807, 2.05) is 30.7 Å². The van der Waals surface area contributed by atoms with Crippen molar-refractivity contribution in [2.45, 2.75) is 17.4 Å². The van der Waals surface area contributed by atoms with Crippen LogP contribution in [0.3, 0.4) is 0 Å². The topological polar surface area (TPSA) is 78.4 Å². The Labute approximate surface area is 126 Å². The SMILES string of the molecule is CSCC[C@@H](NC(=O)Nc1ccccc1SC)C(=O)O. The van der Waals surface area contributed by atoms with Crippen LogP contribution in [0.4, 0.5) is 10.5 Å². The normalized spacial score (nSPS) is 11.7. The number of amides is 2. The Hall–Kier alpha value is -1.34. The van der Waals surface area contributed by atoms with Crippen molar-refractivity contribution in [2.24, 2.45) is 0 Å². The molecule has 0 aliphatic rings. The van der Waals surface area contributed by atoms with E-state index in [0.717, 1.165) is 4.90 Å². The van der Waals surface area contributed by atoms with Crippen LogP contribution in [0.1, 0.15) is 6.42 Å². The first-order chi connectivity index (χ1) is 9.58. The molecule has 0 aliphatic heterocycles. The Morgan fingerprint density at radius 3 is 2.60 bits per heavy atom. The number of hydrogen-bond acceptors (Lipinski definition) is 4. The first-order valence-corrected chi connectivity index (χ1v) is 8.62. The maximum Gasteiger partial charge on any atom is 0.326 e. The molecule has 3 N–H and O–H groups in total. The number of nitrogens with one attached hydrogen (secondary N) is 2. The zero-order valence-electron chi connectivity index (χ0n) is 11.4. The fraction of sp³-hybridized carbons (Fsp3) is 0.385. The van der Waals surface area contributed by atoms with Gasteiger partial charge in [0.05, 0.1) is 5.69 Å². The van der Waals surface area contributed by atoms with Crippen LogP contribution in [0.25, 0.3) is 0 Å². The van der Waals surface area contributed by atoms with E-state index in [0.29, 0.717) is 17.9 Å². The van der Waals surface area contributed by atoms with Crippen LogP contribution in [-0.2, 0) is 4.79 Å². The van der Waals surface area contributed by atoms with Gasteiger partial charge in [-0.25, -0.2) is 9.59 Å². The summed E-state index contributed by atoms with van der Waals surface area (Å²) in [7, 11) is 0. The molecule has 1 aromatic carbocycles. The zero-order chi connectivity index (χ0) is 15.0. The number of rotatable bonds is 7. The van der Waals surface area contributed by atoms with Gasteiger partial charge in [0, 0.05) is 4.90 Å². The lowest BCUT2D eigenvalue weighted by atomic mass is 10.2. The standard InChI is InChI=1S/C13H18N2O3S2/c1-19-8-7-10(12(16)17)15-13(18)14-9-5-3-4-6-11(9)20-2/h3-6,10H,7-8H2,1-2H3,(H,16,17)(H2,14,15,18)/t10-/m1/s1. The number of urea groups is 1. The number of hydrogen-bond donors (Lipinski definition) is 3. The lowest BCUT2D eigenvalue weighted by molar-refractivity contribution is -0.139. The number of thioether (sulfide) groups is 2. The van der Waals surface area contributed by atoms with Crippen molar-refractivity contribution in [3.63, 3.8) is 0 Å². The minimum absolute atomic E-state index is 0.397. The molecule has 1 rings (SSSR count). The molecule has 1 atom stereocenters. The van der Waals surface area contributed by atoms with Gasteiger partial charge in [0.25, 0.3) is 0 Å². The molecule has 7 heteroatoms. The van der Waals surface area contributed by atoms with Crippen molar-refractivity contribution < 1.29 is 14.7 Å². The highest BCUT2D eigenvalue weighted by atomic mass is 32.2. The predicted molar refractivity (Wildman–Crippen MR) is 84.8 cm³/mol. The van der Waals surface area contributed by atoms with Gasteiger partial charge in [-0.3, -0.25) is 0 Å². The highest BCUT2D eigenvalue weighted by Gasteiger charge is 2.19. The summed E-state index contributed by atoms with van der Waals surface area (Å²) in [6.45, 7) is 0. The molecule has 0 aliphatic carbocycles. The molecule has 0 unspecified atom stereocenters. The first-order valence-electron chi connectivity index (χ1n) is 6.00. The maximum atomic E-state index is 11.9. The summed E-state index contributed by atoms with van der Waals surface area (Å²) < 4.78 is 0. The van der Waals surface area contributed by atoms with Gasteiger partial charge in [0.15, 0.2) is 0 Å². The molecule has 5 nitrogen and oxygen atoms in total. The van der Waals surface area contributed by atoms with Gasteiger partial charge in [0.2, 0.25) is 0 Å². The van der Waals surface area contributed by atoms with E-state index >= 15 is 0 Å². The molecule has 0 aromatic heterocycles. The second-order valence-corrected chi connectivity index (χ2v) is 5.80. The van der Waals surface area contributed by atoms with Crippen molar-refractivity contribution >= 4 is 41.2 Å². The van der Waals surface area contributed by atoms with E-state index in [-0.39, 0.29) is 0 Å². The number of carboxylic acid groups (broad SMARTS) is 1. The van der Waals surface area contributed by atoms with Crippen molar-refractivity contribution in [3.05, 3.63) is 24.3 Å². The maximum absolute atomic E-state index is 11.9. The molecule has 0 bridgehead atoms. The molecule has 0 heterocycles. The first kappa shape index (κ1) is 16.7. The Bertz CT molecular complexity index is 469. The average molecular weight is 314 g/mol. The van der Waals surface area contributed by atoms with Gasteiger partial charge in [0.1, 0.15) is 6.04 Å². The quantitative estimate of drug-likeness (QED) is 0.675. The van der Waals surface area contributed by atoms with E-state index < -0.39 is 18.0 Å². The third-order valence-electron chi connectivity index (χ3n) is 2.57. The van der Waals surface area contributed by atoms with Gasteiger partial charge >= 0.3 is 12.0 Å². The van der Waals surface area contributed by atoms with Crippen molar-refractivity contribution in [2.75, 3.05) is 23.6 Å². The zero-order valence-corrected chi connectivity index (χ0v) is 13.0. The van der Waals surface area contributed by atoms with Crippen LogP contribution in [0.15, 0.2) is 29.2 Å². The Kier molecular flexibility index (Phi) is 7.32. The van der Waals surface area contributed by atoms with Crippen LogP contribution in [0, 0.1) is 0 Å². The van der Waals surface area contributed by atoms with Gasteiger partial charge in [-0.1, -0.05) is 12.1 Å². The molecular formula is C13H18N2O3S2. The summed E-state index contributed by atoms with van der Waals surface area (Å²) in [4.78, 5) is 23.8. The number of carbonyl (C=O) groups is 2. The molecule has 20 heavy (non-hydrogen) atoms. The fourth-order valence-corrected chi connectivity index (χ4v) is 2.58. The molecular weight excluding hydrogens is 296 g/mol. The molecule has 0 radical (unpaired) electrons. The fourth-order valence-electron chi connectivity index (χ4n) is 1.56. The second kappa shape index (κ2) is 8.76. The molecule has 110 valence electrons. The molecule has 1 aromatic rings. The summed E-state index contributed by atoms with van der Waals surface area (Å²) in [5, 5.41) is 14.2. The minimum atomic E-state index is -1.02. The monoisotopic (exact) mass is 314 g/mol.